The number of rotatable bonds is 3. The van der Waals surface area contributed by atoms with E-state index in [-0.39, 0.29) is 28.9 Å². The van der Waals surface area contributed by atoms with Gasteiger partial charge in [0.05, 0.1) is 10.5 Å². The van der Waals surface area contributed by atoms with Gasteiger partial charge < -0.3 is 9.64 Å². The molecule has 1 aliphatic carbocycles. The Hall–Kier alpha value is -4.26. The van der Waals surface area contributed by atoms with Crippen LogP contribution in [0, 0.1) is 10.1 Å². The Morgan fingerprint density at radius 3 is 2.30 bits per heavy atom. The van der Waals surface area contributed by atoms with Crippen LogP contribution in [-0.2, 0) is 11.3 Å². The van der Waals surface area contributed by atoms with Gasteiger partial charge in [-0.15, -0.1) is 0 Å². The van der Waals surface area contributed by atoms with Crippen molar-refractivity contribution in [2.75, 3.05) is 4.90 Å². The summed E-state index contributed by atoms with van der Waals surface area (Å²) < 4.78 is 6.23. The number of carbonyl (C=O) groups excluding carboxylic acids is 2. The summed E-state index contributed by atoms with van der Waals surface area (Å²) >= 11 is 0. The molecule has 2 atom stereocenters. The highest BCUT2D eigenvalue weighted by atomic mass is 16.6. The van der Waals surface area contributed by atoms with Crippen molar-refractivity contribution < 1.29 is 19.2 Å². The number of hydrogen-bond donors (Lipinski definition) is 0. The Balaban J connectivity index is 1.43. The van der Waals surface area contributed by atoms with Crippen molar-refractivity contribution in [1.29, 1.82) is 0 Å². The van der Waals surface area contributed by atoms with Crippen molar-refractivity contribution in [3.05, 3.63) is 116 Å². The van der Waals surface area contributed by atoms with Crippen LogP contribution in [0.25, 0.3) is 0 Å². The molecule has 0 saturated carbocycles. The van der Waals surface area contributed by atoms with Crippen molar-refractivity contribution in [1.82, 2.24) is 0 Å². The van der Waals surface area contributed by atoms with Gasteiger partial charge in [0.2, 0.25) is 5.78 Å². The molecule has 162 valence electrons. The number of fused-ring (bicyclic) bond motifs is 6. The maximum absolute atomic E-state index is 13.4. The van der Waals surface area contributed by atoms with Gasteiger partial charge in [-0.25, -0.2) is 0 Å². The molecule has 6 rings (SSSR count). The Morgan fingerprint density at radius 1 is 0.909 bits per heavy atom. The number of allylic oxidation sites excluding steroid dienone is 2. The van der Waals surface area contributed by atoms with Crippen molar-refractivity contribution >= 4 is 22.9 Å². The zero-order valence-corrected chi connectivity index (χ0v) is 17.4. The van der Waals surface area contributed by atoms with E-state index in [9.17, 15) is 19.7 Å². The molecule has 0 spiro atoms. The molecule has 7 heteroatoms. The summed E-state index contributed by atoms with van der Waals surface area (Å²) in [5.74, 6) is -0.497. The number of hydrogen-bond acceptors (Lipinski definition) is 6. The minimum absolute atomic E-state index is 0.0338. The van der Waals surface area contributed by atoms with E-state index in [0.29, 0.717) is 29.7 Å². The molecule has 0 radical (unpaired) electrons. The van der Waals surface area contributed by atoms with Crippen LogP contribution in [-0.4, -0.2) is 22.7 Å². The molecule has 0 fully saturated rings. The van der Waals surface area contributed by atoms with Gasteiger partial charge in [-0.1, -0.05) is 54.6 Å². The van der Waals surface area contributed by atoms with E-state index in [1.165, 1.54) is 12.1 Å². The van der Waals surface area contributed by atoms with E-state index >= 15 is 0 Å². The minimum Gasteiger partial charge on any atom is -0.466 e. The average Bonchev–Trinajstić information content (AvgIpc) is 2.85. The second-order valence-corrected chi connectivity index (χ2v) is 8.42. The first-order chi connectivity index (χ1) is 16.0. The SMILES string of the molecule is O=C1C2=C(C(=O)c3ccccc31)C1CC(O2)N(Cc2ccc([N+](=O)[O-])cc2)c2ccccc21. The third-order valence-electron chi connectivity index (χ3n) is 6.62. The van der Waals surface area contributed by atoms with E-state index in [1.54, 1.807) is 36.4 Å². The maximum atomic E-state index is 13.4. The monoisotopic (exact) mass is 438 g/mol. The average molecular weight is 438 g/mol. The number of anilines is 1. The highest BCUT2D eigenvalue weighted by Gasteiger charge is 2.47. The molecule has 7 nitrogen and oxygen atoms in total. The Morgan fingerprint density at radius 2 is 1.58 bits per heavy atom. The first-order valence-electron chi connectivity index (χ1n) is 10.7. The molecule has 3 aromatic carbocycles. The molecule has 2 aliphatic heterocycles. The zero-order chi connectivity index (χ0) is 22.7. The van der Waals surface area contributed by atoms with E-state index in [4.69, 9.17) is 4.74 Å². The lowest BCUT2D eigenvalue weighted by atomic mass is 9.74. The second kappa shape index (κ2) is 7.13. The number of carbonyl (C=O) groups is 2. The highest BCUT2D eigenvalue weighted by Crippen LogP contribution is 2.50. The van der Waals surface area contributed by atoms with Crippen molar-refractivity contribution in [3.63, 3.8) is 0 Å². The summed E-state index contributed by atoms with van der Waals surface area (Å²) in [5, 5.41) is 11.0. The third kappa shape index (κ3) is 2.89. The van der Waals surface area contributed by atoms with Crippen LogP contribution in [0.2, 0.25) is 0 Å². The Bertz CT molecular complexity index is 1380. The number of Topliss-reactive ketones (excluding diaryl/α,β-unsaturated/α-hetero) is 2. The first kappa shape index (κ1) is 19.4. The standard InChI is InChI=1S/C26H18N2O5/c29-24-18-6-1-2-7-19(18)25(30)26-23(24)20-13-22(33-26)27(21-8-4-3-5-17(20)21)14-15-9-11-16(12-10-15)28(31)32/h1-12,20,22H,13-14H2. The summed E-state index contributed by atoms with van der Waals surface area (Å²) in [4.78, 5) is 39.3. The predicted octanol–water partition coefficient (Wildman–Crippen LogP) is 4.78. The molecule has 2 heterocycles. The summed E-state index contributed by atoms with van der Waals surface area (Å²) in [6.07, 6.45) is 0.116. The van der Waals surface area contributed by atoms with Gasteiger partial charge >= 0.3 is 0 Å². The number of nitro benzene ring substituents is 1. The van der Waals surface area contributed by atoms with E-state index in [2.05, 4.69) is 4.90 Å². The fraction of sp³-hybridized carbons (Fsp3) is 0.154. The van der Waals surface area contributed by atoms with Crippen LogP contribution in [0.4, 0.5) is 11.4 Å². The minimum atomic E-state index is -0.430. The molecular formula is C26H18N2O5. The van der Waals surface area contributed by atoms with Gasteiger partial charge in [0, 0.05) is 47.8 Å². The molecule has 2 bridgehead atoms. The molecule has 0 aromatic heterocycles. The fourth-order valence-electron chi connectivity index (χ4n) is 5.09. The van der Waals surface area contributed by atoms with Crippen LogP contribution < -0.4 is 4.90 Å². The van der Waals surface area contributed by atoms with Gasteiger partial charge in [0.1, 0.15) is 0 Å². The summed E-state index contributed by atoms with van der Waals surface area (Å²) in [6.45, 7) is 0.452. The van der Waals surface area contributed by atoms with Gasteiger partial charge in [0.25, 0.3) is 5.69 Å². The quantitative estimate of drug-likeness (QED) is 0.432. The molecular weight excluding hydrogens is 420 g/mol. The fourth-order valence-corrected chi connectivity index (χ4v) is 5.09. The predicted molar refractivity (Wildman–Crippen MR) is 120 cm³/mol. The van der Waals surface area contributed by atoms with Crippen LogP contribution in [0.3, 0.4) is 0 Å². The normalized spacial score (nSPS) is 20.5. The van der Waals surface area contributed by atoms with Gasteiger partial charge in [-0.3, -0.25) is 19.7 Å². The molecule has 3 aliphatic rings. The lowest BCUT2D eigenvalue weighted by Crippen LogP contribution is -2.47. The zero-order valence-electron chi connectivity index (χ0n) is 17.4. The topological polar surface area (TPSA) is 89.8 Å². The number of para-hydroxylation sites is 1. The molecule has 3 aromatic rings. The molecule has 33 heavy (non-hydrogen) atoms. The number of nitro groups is 1. The summed E-state index contributed by atoms with van der Waals surface area (Å²) in [5.41, 5.74) is 4.07. The lowest BCUT2D eigenvalue weighted by Gasteiger charge is -2.46. The molecule has 0 amide bonds. The Kier molecular flexibility index (Phi) is 4.20. The van der Waals surface area contributed by atoms with Crippen molar-refractivity contribution in [3.8, 4) is 0 Å². The van der Waals surface area contributed by atoms with Crippen molar-refractivity contribution in [2.24, 2.45) is 0 Å². The summed E-state index contributed by atoms with van der Waals surface area (Å²) in [7, 11) is 0. The number of ether oxygens (including phenoxy) is 1. The van der Waals surface area contributed by atoms with E-state index in [0.717, 1.165) is 16.8 Å². The van der Waals surface area contributed by atoms with E-state index in [1.807, 2.05) is 24.3 Å². The smallest absolute Gasteiger partial charge is 0.269 e. The van der Waals surface area contributed by atoms with Crippen LogP contribution in [0.5, 0.6) is 0 Å². The van der Waals surface area contributed by atoms with Crippen LogP contribution in [0.1, 0.15) is 44.2 Å². The van der Waals surface area contributed by atoms with Gasteiger partial charge in [-0.2, -0.15) is 0 Å². The second-order valence-electron chi connectivity index (χ2n) is 8.42. The van der Waals surface area contributed by atoms with E-state index < -0.39 is 11.2 Å². The molecule has 0 saturated heterocycles. The molecule has 0 N–H and O–H groups in total. The maximum Gasteiger partial charge on any atom is 0.269 e. The number of non-ortho nitro benzene ring substituents is 1. The Labute approximate surface area is 189 Å². The number of nitrogens with zero attached hydrogens (tertiary/aromatic N) is 2. The number of ketones is 2. The number of benzene rings is 3. The lowest BCUT2D eigenvalue weighted by molar-refractivity contribution is -0.384. The van der Waals surface area contributed by atoms with Crippen LogP contribution >= 0.6 is 0 Å². The summed E-state index contributed by atoms with van der Waals surface area (Å²) in [6, 6.07) is 21.1. The highest BCUT2D eigenvalue weighted by molar-refractivity contribution is 6.26. The van der Waals surface area contributed by atoms with Gasteiger partial charge in [0.15, 0.2) is 17.8 Å². The van der Waals surface area contributed by atoms with Gasteiger partial charge in [-0.05, 0) is 17.2 Å². The molecule has 2 unspecified atom stereocenters. The van der Waals surface area contributed by atoms with Crippen LogP contribution in [0.15, 0.2) is 84.1 Å². The third-order valence-corrected chi connectivity index (χ3v) is 6.62. The van der Waals surface area contributed by atoms with Crippen molar-refractivity contribution in [2.45, 2.75) is 25.1 Å². The largest absolute Gasteiger partial charge is 0.466 e. The first-order valence-corrected chi connectivity index (χ1v) is 10.7.